The number of carbonyl (C=O) groups is 1. The Bertz CT molecular complexity index is 674. The first kappa shape index (κ1) is 16.1. The van der Waals surface area contributed by atoms with Gasteiger partial charge in [-0.2, -0.15) is 17.0 Å². The zero-order chi connectivity index (χ0) is 15.8. The van der Waals surface area contributed by atoms with E-state index in [2.05, 4.69) is 22.9 Å². The summed E-state index contributed by atoms with van der Waals surface area (Å²) in [7, 11) is 1.41. The van der Waals surface area contributed by atoms with Crippen LogP contribution < -0.4 is 0 Å². The van der Waals surface area contributed by atoms with Crippen LogP contribution >= 0.6 is 11.8 Å². The largest absolute Gasteiger partial charge is 0.469 e. The summed E-state index contributed by atoms with van der Waals surface area (Å²) in [4.78, 5) is 11.0. The molecule has 0 aromatic heterocycles. The summed E-state index contributed by atoms with van der Waals surface area (Å²) in [5.41, 5.74) is 3.88. The number of hydrogen-bond acceptors (Lipinski definition) is 4. The van der Waals surface area contributed by atoms with Crippen LogP contribution in [0, 0.1) is 11.3 Å². The van der Waals surface area contributed by atoms with E-state index in [4.69, 9.17) is 5.26 Å². The van der Waals surface area contributed by atoms with Gasteiger partial charge in [-0.05, 0) is 22.8 Å². The maximum atomic E-state index is 11.0. The lowest BCUT2D eigenvalue weighted by atomic mass is 10.00. The van der Waals surface area contributed by atoms with E-state index in [1.54, 1.807) is 11.8 Å². The van der Waals surface area contributed by atoms with Crippen molar-refractivity contribution in [1.29, 1.82) is 5.26 Å². The highest BCUT2D eigenvalue weighted by Crippen LogP contribution is 2.24. The lowest BCUT2D eigenvalue weighted by molar-refractivity contribution is -0.140. The monoisotopic (exact) mass is 311 g/mol. The van der Waals surface area contributed by atoms with Crippen LogP contribution in [0.5, 0.6) is 0 Å². The minimum absolute atomic E-state index is 0.170. The van der Waals surface area contributed by atoms with Crippen LogP contribution in [0.2, 0.25) is 0 Å². The third-order valence-electron chi connectivity index (χ3n) is 3.26. The molecule has 0 fully saturated rings. The van der Waals surface area contributed by atoms with Gasteiger partial charge in [0.2, 0.25) is 0 Å². The van der Waals surface area contributed by atoms with Crippen LogP contribution in [0.15, 0.2) is 48.5 Å². The first-order chi connectivity index (χ1) is 10.7. The molecule has 0 spiro atoms. The zero-order valence-electron chi connectivity index (χ0n) is 12.4. The Morgan fingerprint density at radius 1 is 1.18 bits per heavy atom. The van der Waals surface area contributed by atoms with Crippen LogP contribution in [0.1, 0.15) is 17.5 Å². The summed E-state index contributed by atoms with van der Waals surface area (Å²) < 4.78 is 4.61. The van der Waals surface area contributed by atoms with Crippen LogP contribution in [0.25, 0.3) is 11.1 Å². The molecule has 22 heavy (non-hydrogen) atoms. The fourth-order valence-electron chi connectivity index (χ4n) is 2.06. The molecule has 112 valence electrons. The van der Waals surface area contributed by atoms with Crippen molar-refractivity contribution in [2.75, 3.05) is 12.9 Å². The van der Waals surface area contributed by atoms with E-state index >= 15 is 0 Å². The molecule has 0 atom stereocenters. The molecule has 0 amide bonds. The van der Waals surface area contributed by atoms with Gasteiger partial charge in [0.15, 0.2) is 0 Å². The molecule has 0 heterocycles. The Morgan fingerprint density at radius 3 is 2.59 bits per heavy atom. The van der Waals surface area contributed by atoms with Crippen molar-refractivity contribution in [1.82, 2.24) is 0 Å². The first-order valence-corrected chi connectivity index (χ1v) is 8.13. The highest BCUT2D eigenvalue weighted by Gasteiger charge is 2.04. The summed E-state index contributed by atoms with van der Waals surface area (Å²) >= 11 is 1.71. The van der Waals surface area contributed by atoms with Crippen molar-refractivity contribution < 1.29 is 9.53 Å². The number of carbonyl (C=O) groups excluding carboxylic acids is 1. The number of esters is 1. The van der Waals surface area contributed by atoms with Crippen molar-refractivity contribution in [3.63, 3.8) is 0 Å². The van der Waals surface area contributed by atoms with Gasteiger partial charge in [0, 0.05) is 11.5 Å². The number of benzene rings is 2. The van der Waals surface area contributed by atoms with Gasteiger partial charge in [-0.25, -0.2) is 0 Å². The van der Waals surface area contributed by atoms with Gasteiger partial charge in [-0.1, -0.05) is 42.5 Å². The molecule has 0 saturated heterocycles. The second-order valence-electron chi connectivity index (χ2n) is 4.73. The Labute approximate surface area is 134 Å². The highest BCUT2D eigenvalue weighted by molar-refractivity contribution is 7.98. The number of nitriles is 1. The maximum Gasteiger partial charge on any atom is 0.306 e. The second-order valence-corrected chi connectivity index (χ2v) is 5.84. The van der Waals surface area contributed by atoms with Crippen molar-refractivity contribution in [3.8, 4) is 17.2 Å². The summed E-state index contributed by atoms with van der Waals surface area (Å²) in [5, 5.41) is 9.15. The SMILES string of the molecule is COC(=O)CCSCc1ccc(-c2ccccc2C#N)cc1. The summed E-state index contributed by atoms with van der Waals surface area (Å²) in [6, 6.07) is 18.0. The van der Waals surface area contributed by atoms with Gasteiger partial charge in [-0.3, -0.25) is 4.79 Å². The lowest BCUT2D eigenvalue weighted by Crippen LogP contribution is -2.01. The third-order valence-corrected chi connectivity index (χ3v) is 4.29. The maximum absolute atomic E-state index is 11.0. The minimum atomic E-state index is -0.170. The highest BCUT2D eigenvalue weighted by atomic mass is 32.2. The molecule has 4 heteroatoms. The molecule has 0 bridgehead atoms. The van der Waals surface area contributed by atoms with Gasteiger partial charge in [0.1, 0.15) is 0 Å². The van der Waals surface area contributed by atoms with Gasteiger partial charge in [0.25, 0.3) is 0 Å². The van der Waals surface area contributed by atoms with Crippen LogP contribution in [-0.4, -0.2) is 18.8 Å². The molecule has 0 saturated carbocycles. The smallest absolute Gasteiger partial charge is 0.306 e. The number of thioether (sulfide) groups is 1. The molecule has 2 rings (SSSR count). The average molecular weight is 311 g/mol. The summed E-state index contributed by atoms with van der Waals surface area (Å²) in [6.45, 7) is 0. The molecule has 0 N–H and O–H groups in total. The van der Waals surface area contributed by atoms with E-state index in [1.165, 1.54) is 12.7 Å². The van der Waals surface area contributed by atoms with Gasteiger partial charge < -0.3 is 4.74 Å². The number of hydrogen-bond donors (Lipinski definition) is 0. The average Bonchev–Trinajstić information content (AvgIpc) is 2.59. The van der Waals surface area contributed by atoms with Crippen molar-refractivity contribution in [2.24, 2.45) is 0 Å². The Morgan fingerprint density at radius 2 is 1.91 bits per heavy atom. The number of ether oxygens (including phenoxy) is 1. The van der Waals surface area contributed by atoms with E-state index in [0.717, 1.165) is 22.6 Å². The van der Waals surface area contributed by atoms with Gasteiger partial charge in [0.05, 0.1) is 25.2 Å². The Hall–Kier alpha value is -2.25. The van der Waals surface area contributed by atoms with E-state index in [-0.39, 0.29) is 5.97 Å². The van der Waals surface area contributed by atoms with Crippen LogP contribution in [0.4, 0.5) is 0 Å². The lowest BCUT2D eigenvalue weighted by Gasteiger charge is -2.06. The number of nitrogens with zero attached hydrogens (tertiary/aromatic N) is 1. The molecule has 2 aromatic carbocycles. The summed E-state index contributed by atoms with van der Waals surface area (Å²) in [6.07, 6.45) is 0.439. The zero-order valence-corrected chi connectivity index (χ0v) is 13.2. The number of rotatable bonds is 6. The number of methoxy groups -OCH3 is 1. The molecule has 0 unspecified atom stereocenters. The molecule has 0 aliphatic heterocycles. The summed E-state index contributed by atoms with van der Waals surface area (Å²) in [5.74, 6) is 1.44. The molecule has 0 aliphatic rings. The van der Waals surface area contributed by atoms with E-state index in [1.807, 2.05) is 36.4 Å². The van der Waals surface area contributed by atoms with Crippen molar-refractivity contribution >= 4 is 17.7 Å². The van der Waals surface area contributed by atoms with Gasteiger partial charge >= 0.3 is 5.97 Å². The Kier molecular flexibility index (Phi) is 6.05. The molecular formula is C18H17NO2S. The fraction of sp³-hybridized carbons (Fsp3) is 0.222. The molecule has 2 aromatic rings. The Balaban J connectivity index is 1.96. The van der Waals surface area contributed by atoms with Gasteiger partial charge in [-0.15, -0.1) is 0 Å². The second kappa shape index (κ2) is 8.26. The quantitative estimate of drug-likeness (QED) is 0.597. The third kappa shape index (κ3) is 4.37. The topological polar surface area (TPSA) is 50.1 Å². The van der Waals surface area contributed by atoms with Crippen LogP contribution in [-0.2, 0) is 15.3 Å². The van der Waals surface area contributed by atoms with E-state index in [0.29, 0.717) is 12.0 Å². The molecule has 0 radical (unpaired) electrons. The van der Waals surface area contributed by atoms with E-state index < -0.39 is 0 Å². The molecule has 3 nitrogen and oxygen atoms in total. The molecule has 0 aliphatic carbocycles. The van der Waals surface area contributed by atoms with E-state index in [9.17, 15) is 4.79 Å². The predicted octanol–water partition coefficient (Wildman–Crippen LogP) is 4.02. The minimum Gasteiger partial charge on any atom is -0.469 e. The molecular weight excluding hydrogens is 294 g/mol. The standard InChI is InChI=1S/C18H17NO2S/c1-21-18(20)10-11-22-13-14-6-8-15(9-7-14)17-5-3-2-4-16(17)12-19/h2-9H,10-11,13H2,1H3. The normalized spacial score (nSPS) is 10.0. The van der Waals surface area contributed by atoms with Crippen molar-refractivity contribution in [2.45, 2.75) is 12.2 Å². The van der Waals surface area contributed by atoms with Crippen LogP contribution in [0.3, 0.4) is 0 Å². The van der Waals surface area contributed by atoms with Crippen molar-refractivity contribution in [3.05, 3.63) is 59.7 Å². The fourth-order valence-corrected chi connectivity index (χ4v) is 2.94. The predicted molar refractivity (Wildman–Crippen MR) is 89.4 cm³/mol. The first-order valence-electron chi connectivity index (χ1n) is 6.97.